The van der Waals surface area contributed by atoms with Gasteiger partial charge in [0.15, 0.2) is 11.2 Å². The third-order valence-electron chi connectivity index (χ3n) is 9.48. The fourth-order valence-electron chi connectivity index (χ4n) is 6.51. The van der Waals surface area contributed by atoms with Crippen LogP contribution in [0, 0.1) is 11.3 Å². The van der Waals surface area contributed by atoms with E-state index in [9.17, 15) is 10.1 Å². The molecule has 8 rings (SSSR count). The third kappa shape index (κ3) is 6.68. The number of nitrogen functional groups attached to an aromatic ring is 1. The Morgan fingerprint density at radius 2 is 1.89 bits per heavy atom. The molecule has 3 aromatic carbocycles. The minimum absolute atomic E-state index is 0.0881. The number of para-hydroxylation sites is 2. The van der Waals surface area contributed by atoms with Gasteiger partial charge in [0.25, 0.3) is 0 Å². The number of aromatic amines is 1. The molecule has 0 radical (unpaired) electrons. The number of benzene rings is 3. The van der Waals surface area contributed by atoms with Gasteiger partial charge >= 0.3 is 6.09 Å². The van der Waals surface area contributed by atoms with Crippen molar-refractivity contribution in [2.75, 3.05) is 30.8 Å². The van der Waals surface area contributed by atoms with E-state index < -0.39 is 6.09 Å². The van der Waals surface area contributed by atoms with Crippen LogP contribution in [0.1, 0.15) is 46.9 Å². The molecular formula is C40H35N9O4S. The summed E-state index contributed by atoms with van der Waals surface area (Å²) in [5.41, 5.74) is 14.8. The molecule has 54 heavy (non-hydrogen) atoms. The van der Waals surface area contributed by atoms with E-state index in [2.05, 4.69) is 79.3 Å². The second kappa shape index (κ2) is 14.0. The van der Waals surface area contributed by atoms with Crippen molar-refractivity contribution in [3.05, 3.63) is 112 Å². The van der Waals surface area contributed by atoms with Crippen molar-refractivity contribution < 1.29 is 18.7 Å². The van der Waals surface area contributed by atoms with E-state index in [0.29, 0.717) is 47.2 Å². The number of nitrogens with one attached hydrogen (secondary N) is 2. The van der Waals surface area contributed by atoms with Crippen LogP contribution in [0.25, 0.3) is 44.4 Å². The smallest absolute Gasteiger partial charge is 0.407 e. The number of ether oxygens (including phenoxy) is 2. The molecule has 4 aromatic heterocycles. The summed E-state index contributed by atoms with van der Waals surface area (Å²) in [6.45, 7) is 5.78. The SMILES string of the molecule is CN(CCOC(=O)NCc1ccc(COc2nc(N)nc3nc[nH]c23)cc1)c1ccc2c(c1)C(C)(C)c1cc(/C=C(\C#N)c3nc4ccccc4o3)sc1-2. The zero-order chi connectivity index (χ0) is 37.4. The van der Waals surface area contributed by atoms with Gasteiger partial charge in [0.2, 0.25) is 17.7 Å². The van der Waals surface area contributed by atoms with E-state index in [-0.39, 0.29) is 24.6 Å². The van der Waals surface area contributed by atoms with E-state index in [1.165, 1.54) is 27.9 Å². The average Bonchev–Trinajstić information content (AvgIpc) is 3.96. The molecule has 0 spiro atoms. The van der Waals surface area contributed by atoms with Crippen molar-refractivity contribution in [2.45, 2.75) is 32.4 Å². The van der Waals surface area contributed by atoms with Crippen LogP contribution in [-0.4, -0.2) is 51.2 Å². The zero-order valence-electron chi connectivity index (χ0n) is 29.7. The number of nitriles is 1. The van der Waals surface area contributed by atoms with Crippen molar-refractivity contribution >= 4 is 63.0 Å². The molecular weight excluding hydrogens is 703 g/mol. The molecule has 0 unspecified atom stereocenters. The van der Waals surface area contributed by atoms with E-state index in [0.717, 1.165) is 27.2 Å². The van der Waals surface area contributed by atoms with Crippen molar-refractivity contribution in [2.24, 2.45) is 0 Å². The number of hydrogen-bond acceptors (Lipinski definition) is 12. The number of carbonyl (C=O) groups is 1. The molecule has 1 amide bonds. The van der Waals surface area contributed by atoms with Crippen LogP contribution < -0.4 is 20.7 Å². The lowest BCUT2D eigenvalue weighted by Crippen LogP contribution is -2.29. The number of thiophene rings is 1. The van der Waals surface area contributed by atoms with Gasteiger partial charge in [-0.25, -0.2) is 14.8 Å². The predicted octanol–water partition coefficient (Wildman–Crippen LogP) is 7.45. The quantitative estimate of drug-likeness (QED) is 0.112. The number of fused-ring (bicyclic) bond motifs is 5. The number of nitrogens with two attached hydrogens (primary N) is 1. The average molecular weight is 738 g/mol. The van der Waals surface area contributed by atoms with Crippen molar-refractivity contribution in [1.29, 1.82) is 5.26 Å². The number of imidazole rings is 1. The van der Waals surface area contributed by atoms with Crippen LogP contribution in [0.2, 0.25) is 0 Å². The number of anilines is 2. The second-order valence-corrected chi connectivity index (χ2v) is 14.5. The number of carbonyl (C=O) groups excluding carboxylic acids is 1. The third-order valence-corrected chi connectivity index (χ3v) is 10.6. The zero-order valence-corrected chi connectivity index (χ0v) is 30.5. The maximum Gasteiger partial charge on any atom is 0.407 e. The van der Waals surface area contributed by atoms with Gasteiger partial charge in [0, 0.05) is 34.4 Å². The van der Waals surface area contributed by atoms with E-state index >= 15 is 0 Å². The van der Waals surface area contributed by atoms with Crippen LogP contribution in [0.15, 0.2) is 83.5 Å². The van der Waals surface area contributed by atoms with Gasteiger partial charge in [0.05, 0.1) is 12.9 Å². The van der Waals surface area contributed by atoms with Gasteiger partial charge < -0.3 is 34.8 Å². The van der Waals surface area contributed by atoms with Crippen molar-refractivity contribution in [3.8, 4) is 22.4 Å². The first-order chi connectivity index (χ1) is 26.2. The van der Waals surface area contributed by atoms with Gasteiger partial charge in [-0.2, -0.15) is 15.2 Å². The maximum atomic E-state index is 12.5. The van der Waals surface area contributed by atoms with E-state index in [1.807, 2.05) is 61.7 Å². The number of H-pyrrole nitrogens is 1. The van der Waals surface area contributed by atoms with Gasteiger partial charge in [-0.05, 0) is 64.2 Å². The monoisotopic (exact) mass is 737 g/mol. The molecule has 1 aliphatic rings. The van der Waals surface area contributed by atoms with E-state index in [4.69, 9.17) is 19.6 Å². The maximum absolute atomic E-state index is 12.5. The summed E-state index contributed by atoms with van der Waals surface area (Å²) in [7, 11) is 1.99. The standard InChI is InChI=1S/C40H35N9O4S/c1-40(2)29-17-26(12-13-28(29)34-30(40)18-27(54-34)16-25(19-41)36-46-31-6-4-5-7-32(31)53-36)49(3)14-15-51-39(50)43-20-23-8-10-24(11-9-23)21-52-37-33-35(45-22-44-33)47-38(42)48-37/h4-13,16-18,22H,14-15,20-21H2,1-3H3,(H,43,50)(H3,42,44,45,47,48)/b25-16+. The Morgan fingerprint density at radius 1 is 1.07 bits per heavy atom. The molecule has 0 bridgehead atoms. The molecule has 0 saturated carbocycles. The second-order valence-electron chi connectivity index (χ2n) is 13.4. The Balaban J connectivity index is 0.836. The summed E-state index contributed by atoms with van der Waals surface area (Å²) in [4.78, 5) is 36.5. The summed E-state index contributed by atoms with van der Waals surface area (Å²) < 4.78 is 17.2. The number of nitrogens with zero attached hydrogens (tertiary/aromatic N) is 6. The number of allylic oxidation sites excluding steroid dienone is 1. The molecule has 0 aliphatic heterocycles. The molecule has 13 nitrogen and oxygen atoms in total. The Labute approximate surface area is 314 Å². The van der Waals surface area contributed by atoms with Crippen LogP contribution in [0.4, 0.5) is 16.4 Å². The van der Waals surface area contributed by atoms with Crippen molar-refractivity contribution in [1.82, 2.24) is 30.2 Å². The van der Waals surface area contributed by atoms with Gasteiger partial charge in [-0.3, -0.25) is 0 Å². The summed E-state index contributed by atoms with van der Waals surface area (Å²) in [6.07, 6.45) is 2.88. The first-order valence-electron chi connectivity index (χ1n) is 17.2. The number of alkyl carbamates (subject to hydrolysis) is 1. The highest BCUT2D eigenvalue weighted by Crippen LogP contribution is 2.53. The number of amides is 1. The largest absolute Gasteiger partial charge is 0.471 e. The summed E-state index contributed by atoms with van der Waals surface area (Å²) in [5.74, 6) is 0.739. The molecule has 1 aliphatic carbocycles. The van der Waals surface area contributed by atoms with Crippen LogP contribution in [0.3, 0.4) is 0 Å². The lowest BCUT2D eigenvalue weighted by atomic mass is 9.82. The summed E-state index contributed by atoms with van der Waals surface area (Å²) in [5, 5.41) is 12.8. The molecule has 270 valence electrons. The highest BCUT2D eigenvalue weighted by atomic mass is 32.1. The molecule has 0 fully saturated rings. The highest BCUT2D eigenvalue weighted by molar-refractivity contribution is 7.16. The van der Waals surface area contributed by atoms with Crippen LogP contribution in [-0.2, 0) is 23.3 Å². The summed E-state index contributed by atoms with van der Waals surface area (Å²) >= 11 is 1.66. The molecule has 7 aromatic rings. The fraction of sp³-hybridized carbons (Fsp3) is 0.200. The molecule has 14 heteroatoms. The Morgan fingerprint density at radius 3 is 2.70 bits per heavy atom. The highest BCUT2D eigenvalue weighted by Gasteiger charge is 2.37. The number of likely N-dealkylation sites (N-methyl/N-ethyl adjacent to an activating group) is 1. The minimum Gasteiger partial charge on any atom is -0.471 e. The molecule has 4 heterocycles. The fourth-order valence-corrected chi connectivity index (χ4v) is 7.81. The number of aromatic nitrogens is 5. The first kappa shape index (κ1) is 34.4. The number of oxazole rings is 1. The molecule has 0 saturated heterocycles. The topological polar surface area (TPSA) is 181 Å². The Bertz CT molecular complexity index is 2570. The Kier molecular flexibility index (Phi) is 8.92. The normalized spacial score (nSPS) is 13.0. The lowest BCUT2D eigenvalue weighted by Gasteiger charge is -2.24. The van der Waals surface area contributed by atoms with Gasteiger partial charge in [-0.15, -0.1) is 11.3 Å². The predicted molar refractivity (Wildman–Crippen MR) is 208 cm³/mol. The van der Waals surface area contributed by atoms with Gasteiger partial charge in [-0.1, -0.05) is 56.3 Å². The van der Waals surface area contributed by atoms with Gasteiger partial charge in [0.1, 0.15) is 35.9 Å². The Hall–Kier alpha value is -6.72. The lowest BCUT2D eigenvalue weighted by molar-refractivity contribution is 0.148. The van der Waals surface area contributed by atoms with Crippen LogP contribution >= 0.6 is 11.3 Å². The summed E-state index contributed by atoms with van der Waals surface area (Å²) in [6, 6.07) is 26.1. The number of hydrogen-bond donors (Lipinski definition) is 3. The van der Waals surface area contributed by atoms with Crippen LogP contribution in [0.5, 0.6) is 5.88 Å². The van der Waals surface area contributed by atoms with E-state index in [1.54, 1.807) is 11.3 Å². The van der Waals surface area contributed by atoms with Crippen molar-refractivity contribution in [3.63, 3.8) is 0 Å². The minimum atomic E-state index is -0.485. The number of rotatable bonds is 11. The molecule has 4 N–H and O–H groups in total. The first-order valence-corrected chi connectivity index (χ1v) is 18.0. The molecule has 0 atom stereocenters.